The van der Waals surface area contributed by atoms with E-state index in [4.69, 9.17) is 0 Å². The van der Waals surface area contributed by atoms with Gasteiger partial charge in [0, 0.05) is 5.56 Å². The molecule has 15 heavy (non-hydrogen) atoms. The molecule has 1 aromatic rings. The van der Waals surface area contributed by atoms with Crippen LogP contribution in [0.4, 0.5) is 0 Å². The zero-order valence-electron chi connectivity index (χ0n) is 8.56. The average Bonchev–Trinajstić information content (AvgIpc) is 2.74. The predicted octanol–water partition coefficient (Wildman–Crippen LogP) is 2.60. The van der Waals surface area contributed by atoms with Gasteiger partial charge in [-0.25, -0.2) is 0 Å². The fourth-order valence-corrected chi connectivity index (χ4v) is 2.21. The van der Waals surface area contributed by atoms with Crippen LogP contribution in [0.5, 0.6) is 0 Å². The smallest absolute Gasteiger partial charge is 0.113 e. The van der Waals surface area contributed by atoms with E-state index in [1.165, 1.54) is 11.1 Å². The lowest BCUT2D eigenvalue weighted by Gasteiger charge is -2.15. The summed E-state index contributed by atoms with van der Waals surface area (Å²) in [6.07, 6.45) is 2.23. The minimum Gasteiger partial charge on any atom is -0.282 e. The molecule has 0 radical (unpaired) electrons. The fourth-order valence-electron chi connectivity index (χ4n) is 2.21. The van der Waals surface area contributed by atoms with E-state index in [9.17, 15) is 0 Å². The van der Waals surface area contributed by atoms with Crippen molar-refractivity contribution >= 4 is 5.71 Å². The summed E-state index contributed by atoms with van der Waals surface area (Å²) in [5.74, 6) is 0. The third kappa shape index (κ3) is 1.48. The second-order valence-electron chi connectivity index (χ2n) is 4.00. The van der Waals surface area contributed by atoms with E-state index in [1.807, 2.05) is 0 Å². The Labute approximate surface area is 89.0 Å². The van der Waals surface area contributed by atoms with Gasteiger partial charge in [-0.3, -0.25) is 4.99 Å². The van der Waals surface area contributed by atoms with E-state index >= 15 is 0 Å². The molecule has 2 aliphatic rings. The van der Waals surface area contributed by atoms with E-state index in [1.54, 1.807) is 0 Å². The van der Waals surface area contributed by atoms with Crippen molar-refractivity contribution in [2.75, 3.05) is 6.54 Å². The first kappa shape index (κ1) is 8.77. The van der Waals surface area contributed by atoms with Gasteiger partial charge in [0.2, 0.25) is 0 Å². The molecule has 2 heterocycles. The number of aliphatic imine (C=N–C) groups is 1. The number of azo groups is 1. The third-order valence-electron chi connectivity index (χ3n) is 2.99. The normalized spacial score (nSPS) is 23.7. The summed E-state index contributed by atoms with van der Waals surface area (Å²) in [5.41, 5.74) is 3.76. The first-order valence-electron chi connectivity index (χ1n) is 5.44. The molecule has 0 fully saturated rings. The van der Waals surface area contributed by atoms with E-state index in [2.05, 4.69) is 39.5 Å². The molecule has 3 rings (SSSR count). The van der Waals surface area contributed by atoms with Crippen molar-refractivity contribution < 1.29 is 0 Å². The lowest BCUT2D eigenvalue weighted by molar-refractivity contribution is 0.597. The predicted molar refractivity (Wildman–Crippen MR) is 59.4 cm³/mol. The lowest BCUT2D eigenvalue weighted by atomic mass is 9.98. The highest BCUT2D eigenvalue weighted by molar-refractivity contribution is 6.07. The zero-order valence-corrected chi connectivity index (χ0v) is 8.56. The van der Waals surface area contributed by atoms with Gasteiger partial charge in [0.25, 0.3) is 0 Å². The molecule has 0 N–H and O–H groups in total. The highest BCUT2D eigenvalue weighted by Gasteiger charge is 2.24. The quantitative estimate of drug-likeness (QED) is 0.666. The van der Waals surface area contributed by atoms with Crippen LogP contribution in [0.1, 0.15) is 24.0 Å². The Morgan fingerprint density at radius 3 is 3.00 bits per heavy atom. The molecule has 2 aliphatic heterocycles. The molecule has 3 nitrogen and oxygen atoms in total. The number of hydrogen-bond acceptors (Lipinski definition) is 3. The van der Waals surface area contributed by atoms with E-state index in [0.717, 1.165) is 31.6 Å². The Hall–Kier alpha value is -1.51. The summed E-state index contributed by atoms with van der Waals surface area (Å²) in [4.78, 5) is 4.59. The molecule has 0 amide bonds. The molecular weight excluding hydrogens is 186 g/mol. The van der Waals surface area contributed by atoms with Crippen LogP contribution in [0.2, 0.25) is 0 Å². The highest BCUT2D eigenvalue weighted by Crippen LogP contribution is 2.24. The van der Waals surface area contributed by atoms with Crippen molar-refractivity contribution in [3.8, 4) is 0 Å². The molecule has 1 aromatic carbocycles. The Balaban J connectivity index is 1.95. The van der Waals surface area contributed by atoms with Crippen LogP contribution in [0.25, 0.3) is 0 Å². The Bertz CT molecular complexity index is 434. The van der Waals surface area contributed by atoms with Crippen LogP contribution in [0, 0.1) is 0 Å². The molecular formula is C12H13N3. The van der Waals surface area contributed by atoms with Gasteiger partial charge in [0.1, 0.15) is 6.04 Å². The van der Waals surface area contributed by atoms with E-state index in [0.29, 0.717) is 0 Å². The third-order valence-corrected chi connectivity index (χ3v) is 2.99. The average molecular weight is 199 g/mol. The van der Waals surface area contributed by atoms with Crippen molar-refractivity contribution in [1.29, 1.82) is 0 Å². The minimum absolute atomic E-state index is 0.211. The van der Waals surface area contributed by atoms with Gasteiger partial charge in [-0.2, -0.15) is 10.2 Å². The van der Waals surface area contributed by atoms with Crippen LogP contribution >= 0.6 is 0 Å². The maximum atomic E-state index is 4.59. The number of rotatable bonds is 1. The van der Waals surface area contributed by atoms with Gasteiger partial charge in [0.05, 0.1) is 18.8 Å². The monoisotopic (exact) mass is 199 g/mol. The number of hydrogen-bond donors (Lipinski definition) is 0. The van der Waals surface area contributed by atoms with Gasteiger partial charge >= 0.3 is 0 Å². The van der Waals surface area contributed by atoms with Crippen LogP contribution < -0.4 is 0 Å². The fraction of sp³-hybridized carbons (Fsp3) is 0.417. The van der Waals surface area contributed by atoms with E-state index < -0.39 is 0 Å². The second kappa shape index (κ2) is 3.57. The van der Waals surface area contributed by atoms with Crippen LogP contribution in [-0.2, 0) is 6.54 Å². The summed E-state index contributed by atoms with van der Waals surface area (Å²) in [6, 6.07) is 8.64. The largest absolute Gasteiger partial charge is 0.282 e. The Morgan fingerprint density at radius 1 is 1.20 bits per heavy atom. The Kier molecular flexibility index (Phi) is 2.09. The van der Waals surface area contributed by atoms with Crippen molar-refractivity contribution in [1.82, 2.24) is 0 Å². The number of benzene rings is 1. The summed E-state index contributed by atoms with van der Waals surface area (Å²) in [7, 11) is 0. The summed E-state index contributed by atoms with van der Waals surface area (Å²) in [5, 5.41) is 8.42. The van der Waals surface area contributed by atoms with E-state index in [-0.39, 0.29) is 6.04 Å². The minimum atomic E-state index is 0.211. The molecule has 1 unspecified atom stereocenters. The van der Waals surface area contributed by atoms with Crippen LogP contribution in [0.15, 0.2) is 39.5 Å². The van der Waals surface area contributed by atoms with Gasteiger partial charge < -0.3 is 0 Å². The standard InChI is InChI=1S/C12H13N3/c1-2-5-10-9(4-1)8-13-12(10)11-6-3-7-14-15-11/h1-2,4-5,11H,3,6-8H2. The SMILES string of the molecule is c1ccc2c(c1)CN=C2C1CCCN=N1. The van der Waals surface area contributed by atoms with Gasteiger partial charge in [-0.1, -0.05) is 24.3 Å². The van der Waals surface area contributed by atoms with Crippen molar-refractivity contribution in [3.63, 3.8) is 0 Å². The summed E-state index contributed by atoms with van der Waals surface area (Å²) < 4.78 is 0. The summed E-state index contributed by atoms with van der Waals surface area (Å²) >= 11 is 0. The number of nitrogens with zero attached hydrogens (tertiary/aromatic N) is 3. The van der Waals surface area contributed by atoms with Crippen molar-refractivity contribution in [2.24, 2.45) is 15.2 Å². The topological polar surface area (TPSA) is 37.1 Å². The van der Waals surface area contributed by atoms with Crippen molar-refractivity contribution in [2.45, 2.75) is 25.4 Å². The maximum Gasteiger partial charge on any atom is 0.113 e. The molecule has 0 spiro atoms. The molecule has 0 saturated heterocycles. The first-order chi connectivity index (χ1) is 7.45. The Morgan fingerprint density at radius 2 is 2.13 bits per heavy atom. The number of fused-ring (bicyclic) bond motifs is 1. The first-order valence-corrected chi connectivity index (χ1v) is 5.44. The van der Waals surface area contributed by atoms with Crippen molar-refractivity contribution in [3.05, 3.63) is 35.4 Å². The van der Waals surface area contributed by atoms with Crippen LogP contribution in [0.3, 0.4) is 0 Å². The molecule has 0 saturated carbocycles. The lowest BCUT2D eigenvalue weighted by Crippen LogP contribution is -2.20. The molecule has 0 aromatic heterocycles. The van der Waals surface area contributed by atoms with Crippen LogP contribution in [-0.4, -0.2) is 18.3 Å². The van der Waals surface area contributed by atoms with Gasteiger partial charge in [-0.15, -0.1) is 0 Å². The molecule has 0 aliphatic carbocycles. The molecule has 76 valence electrons. The molecule has 1 atom stereocenters. The zero-order chi connectivity index (χ0) is 10.1. The second-order valence-corrected chi connectivity index (χ2v) is 4.00. The van der Waals surface area contributed by atoms with Gasteiger partial charge in [-0.05, 0) is 18.4 Å². The van der Waals surface area contributed by atoms with Gasteiger partial charge in [0.15, 0.2) is 0 Å². The molecule has 0 bridgehead atoms. The highest BCUT2D eigenvalue weighted by atomic mass is 15.1. The summed E-state index contributed by atoms with van der Waals surface area (Å²) in [6.45, 7) is 1.70. The maximum absolute atomic E-state index is 4.59. The molecule has 3 heteroatoms.